The van der Waals surface area contributed by atoms with Crippen molar-refractivity contribution in [2.24, 2.45) is 0 Å². The van der Waals surface area contributed by atoms with Crippen LogP contribution in [0.25, 0.3) is 0 Å². The Hall–Kier alpha value is -0.760. The summed E-state index contributed by atoms with van der Waals surface area (Å²) in [6.45, 7) is 4.71. The fourth-order valence-corrected chi connectivity index (χ4v) is 10.5. The van der Waals surface area contributed by atoms with Crippen LogP contribution >= 0.6 is 7.82 Å². The number of carbonyl (C=O) groups excluding carboxylic acids is 1. The van der Waals surface area contributed by atoms with E-state index >= 15 is 0 Å². The van der Waals surface area contributed by atoms with Crippen LogP contribution in [0.3, 0.4) is 0 Å². The van der Waals surface area contributed by atoms with Crippen LogP contribution in [0.1, 0.15) is 328 Å². The third kappa shape index (κ3) is 56.8. The Labute approximate surface area is 443 Å². The van der Waals surface area contributed by atoms with Crippen molar-refractivity contribution in [3.8, 4) is 0 Å². The van der Waals surface area contributed by atoms with Gasteiger partial charge in [0.2, 0.25) is 5.91 Å². The van der Waals surface area contributed by atoms with Gasteiger partial charge in [-0.15, -0.1) is 0 Å². The fourth-order valence-electron chi connectivity index (χ4n) is 9.81. The Morgan fingerprint density at radius 1 is 0.479 bits per heavy atom. The van der Waals surface area contributed by atoms with Gasteiger partial charge < -0.3 is 28.8 Å². The molecule has 9 heteroatoms. The van der Waals surface area contributed by atoms with E-state index in [1.807, 2.05) is 27.2 Å². The van der Waals surface area contributed by atoms with Crippen molar-refractivity contribution >= 4 is 13.7 Å². The number of phosphoric acid groups is 1. The van der Waals surface area contributed by atoms with E-state index in [0.29, 0.717) is 17.4 Å². The van der Waals surface area contributed by atoms with Crippen molar-refractivity contribution in [3.63, 3.8) is 0 Å². The van der Waals surface area contributed by atoms with Gasteiger partial charge in [-0.1, -0.05) is 315 Å². The predicted octanol–water partition coefficient (Wildman–Crippen LogP) is 18.8. The third-order valence-corrected chi connectivity index (χ3v) is 15.7. The van der Waals surface area contributed by atoms with Crippen molar-refractivity contribution in [2.75, 3.05) is 40.9 Å². The summed E-state index contributed by atoms with van der Waals surface area (Å²) in [6, 6.07) is -0.883. The lowest BCUT2D eigenvalue weighted by molar-refractivity contribution is -0.870. The summed E-state index contributed by atoms with van der Waals surface area (Å²) in [5.41, 5.74) is 0. The molecule has 3 atom stereocenters. The first-order chi connectivity index (χ1) is 34.5. The number of quaternary nitrogens is 1. The summed E-state index contributed by atoms with van der Waals surface area (Å²) in [6.07, 6.45) is 67.3. The van der Waals surface area contributed by atoms with Gasteiger partial charge in [-0.05, 0) is 19.3 Å². The van der Waals surface area contributed by atoms with Crippen LogP contribution in [0, 0.1) is 0 Å². The van der Waals surface area contributed by atoms with Crippen molar-refractivity contribution < 1.29 is 32.9 Å². The average Bonchev–Trinajstić information content (AvgIpc) is 3.33. The number of hydrogen-bond donors (Lipinski definition) is 2. The van der Waals surface area contributed by atoms with Gasteiger partial charge in [0.25, 0.3) is 7.82 Å². The molecule has 0 fully saturated rings. The fraction of sp³-hybridized carbons (Fsp3) is 0.952. The number of amides is 1. The maximum absolute atomic E-state index is 13.0. The zero-order valence-electron chi connectivity index (χ0n) is 48.5. The maximum Gasteiger partial charge on any atom is 0.268 e. The molecule has 0 aliphatic heterocycles. The molecule has 71 heavy (non-hydrogen) atoms. The minimum Gasteiger partial charge on any atom is -0.756 e. The minimum absolute atomic E-state index is 0.00286. The first-order valence-electron chi connectivity index (χ1n) is 31.6. The molecule has 8 nitrogen and oxygen atoms in total. The van der Waals surface area contributed by atoms with Gasteiger partial charge >= 0.3 is 0 Å². The molecule has 0 saturated heterocycles. The topological polar surface area (TPSA) is 108 Å². The summed E-state index contributed by atoms with van der Waals surface area (Å²) in [5.74, 6) is -0.189. The van der Waals surface area contributed by atoms with Gasteiger partial charge in [-0.2, -0.15) is 0 Å². The molecule has 3 unspecified atom stereocenters. The smallest absolute Gasteiger partial charge is 0.268 e. The molecule has 0 aromatic rings. The highest BCUT2D eigenvalue weighted by molar-refractivity contribution is 7.45. The number of hydrogen-bond acceptors (Lipinski definition) is 6. The van der Waals surface area contributed by atoms with Gasteiger partial charge in [0.05, 0.1) is 39.9 Å². The monoisotopic (exact) mass is 1020 g/mol. The molecule has 0 radical (unpaired) electrons. The number of likely N-dealkylation sites (N-methyl/N-ethyl adjacent to an activating group) is 1. The molecule has 1 amide bonds. The van der Waals surface area contributed by atoms with Gasteiger partial charge in [0.15, 0.2) is 0 Å². The highest BCUT2D eigenvalue weighted by Crippen LogP contribution is 2.38. The van der Waals surface area contributed by atoms with Gasteiger partial charge in [-0.25, -0.2) is 0 Å². The van der Waals surface area contributed by atoms with E-state index in [0.717, 1.165) is 38.5 Å². The van der Waals surface area contributed by atoms with Gasteiger partial charge in [0, 0.05) is 6.42 Å². The first kappa shape index (κ1) is 70.2. The lowest BCUT2D eigenvalue weighted by atomic mass is 10.0. The molecule has 0 aliphatic carbocycles. The molecule has 0 rings (SSSR count). The molecule has 2 N–H and O–H groups in total. The van der Waals surface area contributed by atoms with Crippen LogP contribution in [-0.2, 0) is 18.4 Å². The lowest BCUT2D eigenvalue weighted by Crippen LogP contribution is -2.45. The van der Waals surface area contributed by atoms with Crippen LogP contribution in [0.2, 0.25) is 0 Å². The largest absolute Gasteiger partial charge is 0.756 e. The van der Waals surface area contributed by atoms with Gasteiger partial charge in [-0.3, -0.25) is 9.36 Å². The second-order valence-electron chi connectivity index (χ2n) is 23.1. The summed E-state index contributed by atoms with van der Waals surface area (Å²) in [4.78, 5) is 25.6. The van der Waals surface area contributed by atoms with Crippen LogP contribution in [0.5, 0.6) is 0 Å². The van der Waals surface area contributed by atoms with Crippen molar-refractivity contribution in [2.45, 2.75) is 341 Å². The molecule has 0 aromatic carbocycles. The van der Waals surface area contributed by atoms with Gasteiger partial charge in [0.1, 0.15) is 13.2 Å². The summed E-state index contributed by atoms with van der Waals surface area (Å²) in [5, 5.41) is 13.9. The molecule has 0 heterocycles. The van der Waals surface area contributed by atoms with Crippen molar-refractivity contribution in [1.29, 1.82) is 0 Å². The Morgan fingerprint density at radius 2 is 0.761 bits per heavy atom. The molecule has 0 aromatic heterocycles. The first-order valence-corrected chi connectivity index (χ1v) is 33.0. The number of rotatable bonds is 59. The minimum atomic E-state index is -4.60. The standard InChI is InChI=1S/C62H125N2O6P/c1-6-8-10-12-14-16-18-20-22-24-26-28-30-32-34-36-38-40-42-44-46-48-50-52-54-56-62(66)63-60(59-70-71(67,68)69-58-57-64(3,4)5)61(65)55-53-51-49-47-45-43-41-39-37-35-33-31-29-27-25-23-21-19-17-15-13-11-9-7-2/h53,55,60-61,65H,6-52,54,56-59H2,1-5H3,(H-,63,66,67,68)/b55-53+. The van der Waals surface area contributed by atoms with Crippen molar-refractivity contribution in [1.82, 2.24) is 5.32 Å². The lowest BCUT2D eigenvalue weighted by Gasteiger charge is -2.29. The van der Waals surface area contributed by atoms with E-state index < -0.39 is 20.0 Å². The van der Waals surface area contributed by atoms with Crippen LogP contribution in [0.15, 0.2) is 12.2 Å². The molecule has 0 bridgehead atoms. The van der Waals surface area contributed by atoms with Crippen molar-refractivity contribution in [3.05, 3.63) is 12.2 Å². The number of aliphatic hydroxyl groups is 1. The number of nitrogens with zero attached hydrogens (tertiary/aromatic N) is 1. The molecule has 0 spiro atoms. The van der Waals surface area contributed by atoms with Crippen LogP contribution in [0.4, 0.5) is 0 Å². The van der Waals surface area contributed by atoms with Crippen LogP contribution < -0.4 is 10.2 Å². The SMILES string of the molecule is CCCCCCCCCCCCCCCCCCCCCCCC/C=C/C(O)C(COP(=O)([O-])OCC[N+](C)(C)C)NC(=O)CCCCCCCCCCCCCCCCCCCCCCCCCCC. The Bertz CT molecular complexity index is 1160. The normalized spacial score (nSPS) is 13.8. The van der Waals surface area contributed by atoms with E-state index in [4.69, 9.17) is 9.05 Å². The number of carbonyl (C=O) groups is 1. The Balaban J connectivity index is 4.11. The third-order valence-electron chi connectivity index (χ3n) is 14.7. The number of unbranched alkanes of at least 4 members (excludes halogenated alkanes) is 46. The second kappa shape index (κ2) is 54.0. The Kier molecular flexibility index (Phi) is 53.5. The highest BCUT2D eigenvalue weighted by atomic mass is 31.2. The Morgan fingerprint density at radius 3 is 1.06 bits per heavy atom. The van der Waals surface area contributed by atoms with E-state index in [2.05, 4.69) is 19.2 Å². The number of allylic oxidation sites excluding steroid dienone is 1. The number of nitrogens with one attached hydrogen (secondary N) is 1. The highest BCUT2D eigenvalue weighted by Gasteiger charge is 2.23. The summed E-state index contributed by atoms with van der Waals surface area (Å²) in [7, 11) is 1.28. The quantitative estimate of drug-likeness (QED) is 0.0272. The number of aliphatic hydroxyl groups excluding tert-OH is 1. The second-order valence-corrected chi connectivity index (χ2v) is 24.5. The van der Waals surface area contributed by atoms with E-state index in [9.17, 15) is 19.4 Å². The van der Waals surface area contributed by atoms with E-state index in [1.165, 1.54) is 270 Å². The number of phosphoric ester groups is 1. The molecule has 0 saturated carbocycles. The summed E-state index contributed by atoms with van der Waals surface area (Å²) >= 11 is 0. The maximum atomic E-state index is 13.0. The molecule has 424 valence electrons. The van der Waals surface area contributed by atoms with E-state index in [-0.39, 0.29) is 19.1 Å². The van der Waals surface area contributed by atoms with E-state index in [1.54, 1.807) is 6.08 Å². The molecule has 0 aliphatic rings. The zero-order valence-corrected chi connectivity index (χ0v) is 49.4. The average molecular weight is 1030 g/mol. The molecular formula is C62H125N2O6P. The summed E-state index contributed by atoms with van der Waals surface area (Å²) < 4.78 is 23.4. The zero-order chi connectivity index (χ0) is 52.0. The predicted molar refractivity (Wildman–Crippen MR) is 307 cm³/mol. The van der Waals surface area contributed by atoms with Crippen LogP contribution in [-0.4, -0.2) is 68.5 Å². The molecular weight excluding hydrogens is 900 g/mol.